The largest absolute Gasteiger partial charge is 0.398 e. The number of amides is 1. The van der Waals surface area contributed by atoms with E-state index in [1.165, 1.54) is 16.9 Å². The zero-order chi connectivity index (χ0) is 13.8. The van der Waals surface area contributed by atoms with Crippen LogP contribution < -0.4 is 11.1 Å². The van der Waals surface area contributed by atoms with Gasteiger partial charge in [0.25, 0.3) is 5.91 Å². The Balaban J connectivity index is 1.95. The molecule has 0 aliphatic heterocycles. The highest BCUT2D eigenvalue weighted by atomic mass is 32.1. The molecular formula is C15H18N2OS. The third kappa shape index (κ3) is 3.58. The lowest BCUT2D eigenvalue weighted by Gasteiger charge is -2.13. The van der Waals surface area contributed by atoms with Crippen molar-refractivity contribution in [1.29, 1.82) is 0 Å². The number of nitrogens with two attached hydrogens (primary N) is 1. The van der Waals surface area contributed by atoms with E-state index >= 15 is 0 Å². The molecule has 0 aliphatic carbocycles. The van der Waals surface area contributed by atoms with E-state index in [4.69, 9.17) is 5.73 Å². The predicted octanol–water partition coefficient (Wildman–Crippen LogP) is 3.00. The molecule has 0 aliphatic rings. The van der Waals surface area contributed by atoms with E-state index in [0.29, 0.717) is 10.6 Å². The maximum absolute atomic E-state index is 12.1. The fraction of sp³-hybridized carbons (Fsp3) is 0.267. The monoisotopic (exact) mass is 274 g/mol. The molecule has 1 aromatic carbocycles. The van der Waals surface area contributed by atoms with Crippen molar-refractivity contribution >= 4 is 22.9 Å². The molecule has 19 heavy (non-hydrogen) atoms. The zero-order valence-corrected chi connectivity index (χ0v) is 12.0. The number of aryl methyl sites for hydroxylation is 1. The van der Waals surface area contributed by atoms with Gasteiger partial charge < -0.3 is 11.1 Å². The first kappa shape index (κ1) is 13.6. The fourth-order valence-electron chi connectivity index (χ4n) is 1.92. The SMILES string of the molecule is Cc1sc(C(=O)NC(C)Cc2ccccc2)cc1N. The molecule has 4 heteroatoms. The number of nitrogens with one attached hydrogen (secondary N) is 1. The number of anilines is 1. The quantitative estimate of drug-likeness (QED) is 0.900. The molecule has 0 fully saturated rings. The van der Waals surface area contributed by atoms with Gasteiger partial charge >= 0.3 is 0 Å². The van der Waals surface area contributed by atoms with E-state index in [2.05, 4.69) is 17.4 Å². The topological polar surface area (TPSA) is 55.1 Å². The number of rotatable bonds is 4. The van der Waals surface area contributed by atoms with E-state index in [1.807, 2.05) is 32.0 Å². The van der Waals surface area contributed by atoms with Crippen LogP contribution >= 0.6 is 11.3 Å². The Morgan fingerprint density at radius 3 is 2.63 bits per heavy atom. The molecule has 3 nitrogen and oxygen atoms in total. The maximum Gasteiger partial charge on any atom is 0.261 e. The number of carbonyl (C=O) groups is 1. The van der Waals surface area contributed by atoms with Crippen molar-refractivity contribution in [3.05, 3.63) is 51.7 Å². The minimum absolute atomic E-state index is 0.0479. The van der Waals surface area contributed by atoms with Gasteiger partial charge in [0, 0.05) is 16.6 Å². The van der Waals surface area contributed by atoms with Crippen LogP contribution in [0.4, 0.5) is 5.69 Å². The first-order valence-corrected chi connectivity index (χ1v) is 7.08. The summed E-state index contributed by atoms with van der Waals surface area (Å²) in [4.78, 5) is 13.7. The highest BCUT2D eigenvalue weighted by Crippen LogP contribution is 2.23. The average Bonchev–Trinajstić information content (AvgIpc) is 2.71. The zero-order valence-electron chi connectivity index (χ0n) is 11.1. The van der Waals surface area contributed by atoms with Crippen molar-refractivity contribution in [2.24, 2.45) is 0 Å². The van der Waals surface area contributed by atoms with Crippen molar-refractivity contribution in [2.75, 3.05) is 5.73 Å². The lowest BCUT2D eigenvalue weighted by Crippen LogP contribution is -2.33. The highest BCUT2D eigenvalue weighted by molar-refractivity contribution is 7.14. The second kappa shape index (κ2) is 5.89. The van der Waals surface area contributed by atoms with Crippen molar-refractivity contribution in [3.8, 4) is 0 Å². The summed E-state index contributed by atoms with van der Waals surface area (Å²) in [6, 6.07) is 12.0. The summed E-state index contributed by atoms with van der Waals surface area (Å²) < 4.78 is 0. The Morgan fingerprint density at radius 2 is 2.05 bits per heavy atom. The third-order valence-corrected chi connectivity index (χ3v) is 4.01. The maximum atomic E-state index is 12.1. The molecule has 2 aromatic rings. The lowest BCUT2D eigenvalue weighted by molar-refractivity contribution is 0.0944. The number of hydrogen-bond donors (Lipinski definition) is 2. The van der Waals surface area contributed by atoms with Crippen molar-refractivity contribution in [1.82, 2.24) is 5.32 Å². The van der Waals surface area contributed by atoms with Gasteiger partial charge in [-0.2, -0.15) is 0 Å². The van der Waals surface area contributed by atoms with Crippen LogP contribution in [0.2, 0.25) is 0 Å². The minimum atomic E-state index is -0.0479. The molecule has 1 unspecified atom stereocenters. The fourth-order valence-corrected chi connectivity index (χ4v) is 2.77. The predicted molar refractivity (Wildman–Crippen MR) is 80.5 cm³/mol. The van der Waals surface area contributed by atoms with Gasteiger partial charge in [0.2, 0.25) is 0 Å². The first-order chi connectivity index (χ1) is 9.06. The Hall–Kier alpha value is -1.81. The van der Waals surface area contributed by atoms with Crippen LogP contribution in [-0.2, 0) is 6.42 Å². The van der Waals surface area contributed by atoms with Crippen molar-refractivity contribution in [2.45, 2.75) is 26.3 Å². The minimum Gasteiger partial charge on any atom is -0.398 e. The Kier molecular flexibility index (Phi) is 4.22. The van der Waals surface area contributed by atoms with Crippen LogP contribution in [0.1, 0.15) is 27.0 Å². The summed E-state index contributed by atoms with van der Waals surface area (Å²) >= 11 is 1.43. The summed E-state index contributed by atoms with van der Waals surface area (Å²) in [5, 5.41) is 3.00. The second-order valence-corrected chi connectivity index (χ2v) is 5.94. The van der Waals surface area contributed by atoms with Gasteiger partial charge in [0.15, 0.2) is 0 Å². The summed E-state index contributed by atoms with van der Waals surface area (Å²) in [7, 11) is 0. The Morgan fingerprint density at radius 1 is 1.37 bits per heavy atom. The number of benzene rings is 1. The summed E-state index contributed by atoms with van der Waals surface area (Å²) in [5.74, 6) is -0.0479. The van der Waals surface area contributed by atoms with Gasteiger partial charge in [-0.25, -0.2) is 0 Å². The summed E-state index contributed by atoms with van der Waals surface area (Å²) in [5.41, 5.74) is 7.67. The molecule has 0 spiro atoms. The molecule has 0 saturated carbocycles. The van der Waals surface area contributed by atoms with Gasteiger partial charge in [-0.05, 0) is 31.9 Å². The molecule has 3 N–H and O–H groups in total. The molecule has 0 bridgehead atoms. The first-order valence-electron chi connectivity index (χ1n) is 6.27. The van der Waals surface area contributed by atoms with E-state index in [0.717, 1.165) is 11.3 Å². The van der Waals surface area contributed by atoms with E-state index in [9.17, 15) is 4.79 Å². The number of hydrogen-bond acceptors (Lipinski definition) is 3. The second-order valence-electron chi connectivity index (χ2n) is 4.69. The molecule has 0 radical (unpaired) electrons. The molecule has 100 valence electrons. The lowest BCUT2D eigenvalue weighted by atomic mass is 10.1. The van der Waals surface area contributed by atoms with Crippen LogP contribution in [0.3, 0.4) is 0 Å². The molecule has 1 aromatic heterocycles. The van der Waals surface area contributed by atoms with E-state index in [-0.39, 0.29) is 11.9 Å². The molecular weight excluding hydrogens is 256 g/mol. The van der Waals surface area contributed by atoms with Gasteiger partial charge in [-0.3, -0.25) is 4.79 Å². The van der Waals surface area contributed by atoms with Crippen molar-refractivity contribution in [3.63, 3.8) is 0 Å². The summed E-state index contributed by atoms with van der Waals surface area (Å²) in [6.45, 7) is 3.93. The van der Waals surface area contributed by atoms with Crippen LogP contribution in [-0.4, -0.2) is 11.9 Å². The van der Waals surface area contributed by atoms with Gasteiger partial charge in [0.1, 0.15) is 0 Å². The normalized spacial score (nSPS) is 12.1. The number of nitrogen functional groups attached to an aromatic ring is 1. The van der Waals surface area contributed by atoms with E-state index in [1.54, 1.807) is 6.07 Å². The van der Waals surface area contributed by atoms with Gasteiger partial charge in [0.05, 0.1) is 4.88 Å². The molecule has 1 amide bonds. The molecule has 1 heterocycles. The molecule has 1 atom stereocenters. The molecule has 0 saturated heterocycles. The van der Waals surface area contributed by atoms with Crippen LogP contribution in [0.5, 0.6) is 0 Å². The van der Waals surface area contributed by atoms with E-state index < -0.39 is 0 Å². The van der Waals surface area contributed by atoms with Gasteiger partial charge in [-0.15, -0.1) is 11.3 Å². The average molecular weight is 274 g/mol. The third-order valence-electron chi connectivity index (χ3n) is 2.94. The van der Waals surface area contributed by atoms with Crippen molar-refractivity contribution < 1.29 is 4.79 Å². The van der Waals surface area contributed by atoms with Crippen LogP contribution in [0.25, 0.3) is 0 Å². The van der Waals surface area contributed by atoms with Crippen LogP contribution in [0, 0.1) is 6.92 Å². The Labute approximate surface area is 117 Å². The summed E-state index contributed by atoms with van der Waals surface area (Å²) in [6.07, 6.45) is 0.826. The smallest absolute Gasteiger partial charge is 0.261 e. The van der Waals surface area contributed by atoms with Gasteiger partial charge in [-0.1, -0.05) is 30.3 Å². The van der Waals surface area contributed by atoms with Crippen LogP contribution in [0.15, 0.2) is 36.4 Å². The number of carbonyl (C=O) groups excluding carboxylic acids is 1. The standard InChI is InChI=1S/C15H18N2OS/c1-10(8-12-6-4-3-5-7-12)17-15(18)14-9-13(16)11(2)19-14/h3-7,9-10H,8,16H2,1-2H3,(H,17,18). The number of thiophene rings is 1. The highest BCUT2D eigenvalue weighted by Gasteiger charge is 2.13. The molecule has 2 rings (SSSR count). The Bertz CT molecular complexity index is 543.